The minimum absolute atomic E-state index is 0.184. The first kappa shape index (κ1) is 19.7. The zero-order chi connectivity index (χ0) is 22.1. The molecule has 0 saturated carbocycles. The smallest absolute Gasteiger partial charge is 0.197 e. The molecule has 32 heavy (non-hydrogen) atoms. The van der Waals surface area contributed by atoms with Gasteiger partial charge in [-0.25, -0.2) is 0 Å². The summed E-state index contributed by atoms with van der Waals surface area (Å²) in [5, 5.41) is 10.5. The number of benzene rings is 3. The van der Waals surface area contributed by atoms with Gasteiger partial charge in [-0.15, -0.1) is 11.3 Å². The van der Waals surface area contributed by atoms with Gasteiger partial charge >= 0.3 is 0 Å². The quantitative estimate of drug-likeness (QED) is 0.271. The number of nitrogens with zero attached hydrogens (tertiary/aromatic N) is 2. The van der Waals surface area contributed by atoms with Gasteiger partial charge in [0.25, 0.3) is 0 Å². The summed E-state index contributed by atoms with van der Waals surface area (Å²) in [6.07, 6.45) is 1.66. The van der Waals surface area contributed by atoms with Gasteiger partial charge in [-0.2, -0.15) is 5.26 Å². The molecule has 0 unspecified atom stereocenters. The topological polar surface area (TPSA) is 61.2 Å². The van der Waals surface area contributed by atoms with Crippen molar-refractivity contribution in [3.8, 4) is 6.07 Å². The van der Waals surface area contributed by atoms with Crippen molar-refractivity contribution in [2.45, 2.75) is 0 Å². The number of ketones is 2. The summed E-state index contributed by atoms with van der Waals surface area (Å²) in [4.78, 5) is 28.3. The van der Waals surface area contributed by atoms with Crippen molar-refractivity contribution < 1.29 is 9.59 Å². The van der Waals surface area contributed by atoms with Crippen LogP contribution in [0.2, 0.25) is 0 Å². The molecule has 1 aromatic heterocycles. The summed E-state index contributed by atoms with van der Waals surface area (Å²) in [6.45, 7) is 0. The van der Waals surface area contributed by atoms with Crippen molar-refractivity contribution >= 4 is 45.4 Å². The minimum atomic E-state index is -0.240. The molecule has 0 radical (unpaired) electrons. The molecular weight excluding hydrogens is 416 g/mol. The molecule has 4 nitrogen and oxygen atoms in total. The maximum atomic E-state index is 12.7. The number of fused-ring (bicyclic) bond motifs is 1. The fraction of sp³-hybridized carbons (Fsp3) is 0. The second-order valence-electron chi connectivity index (χ2n) is 7.24. The van der Waals surface area contributed by atoms with Crippen LogP contribution in [0, 0.1) is 11.3 Å². The molecule has 0 spiro atoms. The van der Waals surface area contributed by atoms with Crippen molar-refractivity contribution in [2.75, 3.05) is 4.90 Å². The van der Waals surface area contributed by atoms with E-state index in [1.54, 1.807) is 36.4 Å². The van der Waals surface area contributed by atoms with Crippen LogP contribution in [0.25, 0.3) is 6.08 Å². The third-order valence-electron chi connectivity index (χ3n) is 5.30. The SMILES string of the molecule is N#Cc1ccccc1N(c1ccccc1)c1ccc(C=C2C(=O)c3ccccc3C2=O)s1. The van der Waals surface area contributed by atoms with Gasteiger partial charge in [0.1, 0.15) is 11.1 Å². The number of anilines is 3. The Morgan fingerprint density at radius 1 is 0.750 bits per heavy atom. The lowest BCUT2D eigenvalue weighted by Crippen LogP contribution is -2.09. The molecule has 152 valence electrons. The standard InChI is InChI=1S/C27H16N2O2S/c28-17-18-8-4-7-13-24(18)29(19-9-2-1-3-10-19)25-15-14-20(32-25)16-23-26(30)21-11-5-6-12-22(21)27(23)31/h1-16H. The lowest BCUT2D eigenvalue weighted by molar-refractivity contribution is 0.0990. The molecule has 0 atom stereocenters. The fourth-order valence-electron chi connectivity index (χ4n) is 3.81. The van der Waals surface area contributed by atoms with Gasteiger partial charge in [0.2, 0.25) is 0 Å². The van der Waals surface area contributed by atoms with Crippen LogP contribution in [0.15, 0.2) is 96.6 Å². The van der Waals surface area contributed by atoms with E-state index in [0.29, 0.717) is 16.7 Å². The van der Waals surface area contributed by atoms with Gasteiger partial charge in [0, 0.05) is 21.7 Å². The average Bonchev–Trinajstić information content (AvgIpc) is 3.39. The Labute approximate surface area is 189 Å². The van der Waals surface area contributed by atoms with E-state index in [1.807, 2.05) is 65.6 Å². The summed E-state index contributed by atoms with van der Waals surface area (Å²) in [6, 6.07) is 30.2. The lowest BCUT2D eigenvalue weighted by Gasteiger charge is -2.24. The molecular formula is C27H16N2O2S. The first-order chi connectivity index (χ1) is 15.7. The highest BCUT2D eigenvalue weighted by atomic mass is 32.1. The molecule has 5 heteroatoms. The first-order valence-electron chi connectivity index (χ1n) is 10.0. The van der Waals surface area contributed by atoms with Gasteiger partial charge in [-0.05, 0) is 42.5 Å². The Kier molecular flexibility index (Phi) is 4.98. The van der Waals surface area contributed by atoms with Gasteiger partial charge in [-0.3, -0.25) is 9.59 Å². The predicted octanol–water partition coefficient (Wildman–Crippen LogP) is 6.55. The van der Waals surface area contributed by atoms with Crippen LogP contribution < -0.4 is 4.90 Å². The monoisotopic (exact) mass is 432 g/mol. The second-order valence-corrected chi connectivity index (χ2v) is 8.33. The highest BCUT2D eigenvalue weighted by Gasteiger charge is 2.32. The van der Waals surface area contributed by atoms with E-state index in [4.69, 9.17) is 0 Å². The number of thiophene rings is 1. The molecule has 4 aromatic rings. The Balaban J connectivity index is 1.58. The number of nitriles is 1. The summed E-state index contributed by atoms with van der Waals surface area (Å²) >= 11 is 1.46. The number of rotatable bonds is 4. The van der Waals surface area contributed by atoms with Crippen molar-refractivity contribution in [2.24, 2.45) is 0 Å². The number of carbonyl (C=O) groups is 2. The molecule has 0 aliphatic heterocycles. The number of hydrogen-bond acceptors (Lipinski definition) is 5. The van der Waals surface area contributed by atoms with E-state index in [9.17, 15) is 14.9 Å². The van der Waals surface area contributed by atoms with Crippen LogP contribution in [-0.4, -0.2) is 11.6 Å². The van der Waals surface area contributed by atoms with Gasteiger partial charge in [-0.1, -0.05) is 54.6 Å². The summed E-state index contributed by atoms with van der Waals surface area (Å²) in [7, 11) is 0. The second kappa shape index (κ2) is 8.10. The van der Waals surface area contributed by atoms with Crippen LogP contribution >= 0.6 is 11.3 Å². The van der Waals surface area contributed by atoms with E-state index < -0.39 is 0 Å². The number of para-hydroxylation sites is 2. The molecule has 0 fully saturated rings. The van der Waals surface area contributed by atoms with Crippen LogP contribution in [0.1, 0.15) is 31.2 Å². The molecule has 1 heterocycles. The number of carbonyl (C=O) groups excluding carboxylic acids is 2. The van der Waals surface area contributed by atoms with Gasteiger partial charge in [0.15, 0.2) is 11.6 Å². The average molecular weight is 433 g/mol. The number of Topliss-reactive ketones (excluding diaryl/α,β-unsaturated/α-hetero) is 2. The van der Waals surface area contributed by atoms with E-state index in [1.165, 1.54) is 11.3 Å². The van der Waals surface area contributed by atoms with Gasteiger partial charge < -0.3 is 4.90 Å². The molecule has 0 N–H and O–H groups in total. The molecule has 0 amide bonds. The Morgan fingerprint density at radius 2 is 1.38 bits per heavy atom. The zero-order valence-electron chi connectivity index (χ0n) is 16.9. The maximum Gasteiger partial charge on any atom is 0.197 e. The molecule has 5 rings (SSSR count). The Morgan fingerprint density at radius 3 is 2.06 bits per heavy atom. The van der Waals surface area contributed by atoms with E-state index >= 15 is 0 Å². The summed E-state index contributed by atoms with van der Waals surface area (Å²) in [5.74, 6) is -0.481. The fourth-order valence-corrected chi connectivity index (χ4v) is 4.80. The number of hydrogen-bond donors (Lipinski definition) is 0. The van der Waals surface area contributed by atoms with Crippen LogP contribution in [0.4, 0.5) is 16.4 Å². The third kappa shape index (κ3) is 3.33. The molecule has 1 aliphatic carbocycles. The molecule has 0 bridgehead atoms. The molecule has 0 saturated heterocycles. The minimum Gasteiger partial charge on any atom is -0.301 e. The summed E-state index contributed by atoms with van der Waals surface area (Å²) in [5.41, 5.74) is 3.33. The summed E-state index contributed by atoms with van der Waals surface area (Å²) < 4.78 is 0. The number of allylic oxidation sites excluding steroid dienone is 1. The van der Waals surface area contributed by atoms with Crippen molar-refractivity contribution in [1.82, 2.24) is 0 Å². The highest BCUT2D eigenvalue weighted by molar-refractivity contribution is 7.17. The normalized spacial score (nSPS) is 12.4. The van der Waals surface area contributed by atoms with Crippen molar-refractivity contribution in [3.05, 3.63) is 118 Å². The Bertz CT molecular complexity index is 1390. The van der Waals surface area contributed by atoms with E-state index in [2.05, 4.69) is 6.07 Å². The van der Waals surface area contributed by atoms with Crippen molar-refractivity contribution in [3.63, 3.8) is 0 Å². The van der Waals surface area contributed by atoms with Gasteiger partial charge in [0.05, 0.1) is 16.8 Å². The van der Waals surface area contributed by atoms with Crippen molar-refractivity contribution in [1.29, 1.82) is 5.26 Å². The first-order valence-corrected chi connectivity index (χ1v) is 10.8. The lowest BCUT2D eigenvalue weighted by atomic mass is 10.1. The zero-order valence-corrected chi connectivity index (χ0v) is 17.7. The highest BCUT2D eigenvalue weighted by Crippen LogP contribution is 2.41. The molecule has 3 aromatic carbocycles. The van der Waals surface area contributed by atoms with Crippen LogP contribution in [-0.2, 0) is 0 Å². The molecule has 1 aliphatic rings. The Hall–Kier alpha value is -4.27. The maximum absolute atomic E-state index is 12.7. The van der Waals surface area contributed by atoms with Crippen LogP contribution in [0.5, 0.6) is 0 Å². The predicted molar refractivity (Wildman–Crippen MR) is 127 cm³/mol. The van der Waals surface area contributed by atoms with E-state index in [0.717, 1.165) is 21.3 Å². The third-order valence-corrected chi connectivity index (χ3v) is 6.32. The van der Waals surface area contributed by atoms with E-state index in [-0.39, 0.29) is 17.1 Å². The van der Waals surface area contributed by atoms with Crippen LogP contribution in [0.3, 0.4) is 0 Å². The largest absolute Gasteiger partial charge is 0.301 e.